The van der Waals surface area contributed by atoms with Crippen molar-refractivity contribution in [2.75, 3.05) is 43.4 Å². The second-order valence-electron chi connectivity index (χ2n) is 4.85. The van der Waals surface area contributed by atoms with E-state index < -0.39 is 0 Å². The fourth-order valence-electron chi connectivity index (χ4n) is 2.14. The predicted octanol–water partition coefficient (Wildman–Crippen LogP) is 1.14. The number of hydrogen-bond donors (Lipinski definition) is 2. The minimum Gasteiger partial charge on any atom is -0.367 e. The van der Waals surface area contributed by atoms with Gasteiger partial charge in [0.25, 0.3) is 0 Å². The topological polar surface area (TPSA) is 87.4 Å². The van der Waals surface area contributed by atoms with Gasteiger partial charge >= 0.3 is 6.03 Å². The fourth-order valence-corrected chi connectivity index (χ4v) is 2.79. The van der Waals surface area contributed by atoms with Crippen LogP contribution in [0.2, 0.25) is 0 Å². The number of nitrogen functional groups attached to an aromatic ring is 1. The summed E-state index contributed by atoms with van der Waals surface area (Å²) in [6.07, 6.45) is 3.37. The first-order valence-corrected chi connectivity index (χ1v) is 7.85. The van der Waals surface area contributed by atoms with Gasteiger partial charge in [0, 0.05) is 44.3 Å². The minimum atomic E-state index is 0.0394. The van der Waals surface area contributed by atoms with E-state index in [1.165, 1.54) is 18.0 Å². The molecule has 1 saturated heterocycles. The van der Waals surface area contributed by atoms with Gasteiger partial charge in [-0.25, -0.2) is 4.79 Å². The lowest BCUT2D eigenvalue weighted by Gasteiger charge is -2.34. The van der Waals surface area contributed by atoms with E-state index in [-0.39, 0.29) is 6.03 Å². The number of rotatable bonds is 5. The van der Waals surface area contributed by atoms with Crippen LogP contribution in [-0.2, 0) is 0 Å². The molecule has 0 aromatic carbocycles. The van der Waals surface area contributed by atoms with Crippen molar-refractivity contribution >= 4 is 28.6 Å². The van der Waals surface area contributed by atoms with Crippen LogP contribution in [0.5, 0.6) is 0 Å². The van der Waals surface area contributed by atoms with Crippen LogP contribution in [0, 0.1) is 0 Å². The quantitative estimate of drug-likeness (QED) is 0.796. The molecule has 2 amide bonds. The molecule has 0 radical (unpaired) electrons. The highest BCUT2D eigenvalue weighted by molar-refractivity contribution is 7.09. The smallest absolute Gasteiger partial charge is 0.317 e. The standard InChI is InChI=1S/C12H22N6OS/c1-2-3-4-5-14-11(19)17-6-8-18(9-7-17)12-15-10(13)16-20-12/h2-9H2,1H3,(H2,13,16)(H,14,19). The van der Waals surface area contributed by atoms with E-state index in [9.17, 15) is 4.79 Å². The van der Waals surface area contributed by atoms with Crippen molar-refractivity contribution in [1.29, 1.82) is 0 Å². The van der Waals surface area contributed by atoms with Crippen LogP contribution in [0.1, 0.15) is 26.2 Å². The second-order valence-corrected chi connectivity index (χ2v) is 5.58. The molecular weight excluding hydrogens is 276 g/mol. The number of nitrogens with two attached hydrogens (primary N) is 1. The fraction of sp³-hybridized carbons (Fsp3) is 0.750. The van der Waals surface area contributed by atoms with Gasteiger partial charge in [-0.1, -0.05) is 19.8 Å². The molecule has 0 bridgehead atoms. The van der Waals surface area contributed by atoms with Crippen molar-refractivity contribution in [2.45, 2.75) is 26.2 Å². The van der Waals surface area contributed by atoms with E-state index in [0.29, 0.717) is 19.0 Å². The lowest BCUT2D eigenvalue weighted by Crippen LogP contribution is -2.52. The zero-order valence-corrected chi connectivity index (χ0v) is 12.7. The van der Waals surface area contributed by atoms with Gasteiger partial charge in [0.2, 0.25) is 11.1 Å². The number of piperazine rings is 1. The number of urea groups is 1. The van der Waals surface area contributed by atoms with Crippen molar-refractivity contribution in [3.8, 4) is 0 Å². The predicted molar refractivity (Wildman–Crippen MR) is 81.0 cm³/mol. The maximum atomic E-state index is 12.0. The lowest BCUT2D eigenvalue weighted by atomic mass is 10.2. The molecule has 112 valence electrons. The number of carbonyl (C=O) groups is 1. The van der Waals surface area contributed by atoms with Crippen molar-refractivity contribution in [3.05, 3.63) is 0 Å². The summed E-state index contributed by atoms with van der Waals surface area (Å²) in [6.45, 7) is 5.88. The normalized spacial score (nSPS) is 15.4. The SMILES string of the molecule is CCCCCNC(=O)N1CCN(c2nc(N)ns2)CC1. The molecular formula is C12H22N6OS. The number of hydrogen-bond acceptors (Lipinski definition) is 6. The molecule has 8 heteroatoms. The Morgan fingerprint density at radius 1 is 1.35 bits per heavy atom. The van der Waals surface area contributed by atoms with Crippen LogP contribution in [0.3, 0.4) is 0 Å². The first-order valence-electron chi connectivity index (χ1n) is 7.07. The van der Waals surface area contributed by atoms with Crippen LogP contribution in [0.15, 0.2) is 0 Å². The van der Waals surface area contributed by atoms with Crippen LogP contribution >= 0.6 is 11.5 Å². The largest absolute Gasteiger partial charge is 0.367 e. The number of nitrogens with one attached hydrogen (secondary N) is 1. The van der Waals surface area contributed by atoms with E-state index in [0.717, 1.165) is 37.6 Å². The number of nitrogens with zero attached hydrogens (tertiary/aromatic N) is 4. The Labute approximate surface area is 123 Å². The van der Waals surface area contributed by atoms with Gasteiger partial charge in [-0.2, -0.15) is 9.36 Å². The monoisotopic (exact) mass is 298 g/mol. The summed E-state index contributed by atoms with van der Waals surface area (Å²) >= 11 is 1.31. The highest BCUT2D eigenvalue weighted by Crippen LogP contribution is 2.19. The van der Waals surface area contributed by atoms with E-state index in [2.05, 4.69) is 26.5 Å². The van der Waals surface area contributed by atoms with Crippen LogP contribution < -0.4 is 16.0 Å². The number of unbranched alkanes of at least 4 members (excludes halogenated alkanes) is 2. The van der Waals surface area contributed by atoms with Crippen LogP contribution in [0.4, 0.5) is 15.9 Å². The summed E-state index contributed by atoms with van der Waals surface area (Å²) in [5.41, 5.74) is 5.53. The molecule has 0 unspecified atom stereocenters. The van der Waals surface area contributed by atoms with Crippen molar-refractivity contribution in [3.63, 3.8) is 0 Å². The van der Waals surface area contributed by atoms with E-state index in [1.54, 1.807) is 0 Å². The number of aromatic nitrogens is 2. The molecule has 0 spiro atoms. The molecule has 1 aliphatic heterocycles. The Morgan fingerprint density at radius 3 is 2.70 bits per heavy atom. The van der Waals surface area contributed by atoms with Gasteiger partial charge in [-0.3, -0.25) is 0 Å². The van der Waals surface area contributed by atoms with E-state index in [4.69, 9.17) is 5.73 Å². The highest BCUT2D eigenvalue weighted by Gasteiger charge is 2.22. The van der Waals surface area contributed by atoms with Crippen LogP contribution in [-0.4, -0.2) is 53.0 Å². The molecule has 2 rings (SSSR count). The van der Waals surface area contributed by atoms with Gasteiger partial charge in [-0.05, 0) is 6.42 Å². The Bertz CT molecular complexity index is 429. The average molecular weight is 298 g/mol. The Kier molecular flexibility index (Phi) is 5.40. The van der Waals surface area contributed by atoms with Crippen molar-refractivity contribution < 1.29 is 4.79 Å². The number of carbonyl (C=O) groups excluding carboxylic acids is 1. The average Bonchev–Trinajstić information content (AvgIpc) is 2.90. The number of amides is 2. The maximum absolute atomic E-state index is 12.0. The molecule has 0 saturated carbocycles. The summed E-state index contributed by atoms with van der Waals surface area (Å²) in [4.78, 5) is 20.1. The van der Waals surface area contributed by atoms with E-state index in [1.807, 2.05) is 4.90 Å². The molecule has 20 heavy (non-hydrogen) atoms. The van der Waals surface area contributed by atoms with Crippen molar-refractivity contribution in [1.82, 2.24) is 19.6 Å². The van der Waals surface area contributed by atoms with Crippen LogP contribution in [0.25, 0.3) is 0 Å². The molecule has 1 aliphatic rings. The molecule has 1 fully saturated rings. The maximum Gasteiger partial charge on any atom is 0.317 e. The third-order valence-corrected chi connectivity index (χ3v) is 4.12. The van der Waals surface area contributed by atoms with Gasteiger partial charge < -0.3 is 20.9 Å². The molecule has 1 aromatic heterocycles. The molecule has 2 heterocycles. The third kappa shape index (κ3) is 3.96. The molecule has 0 aliphatic carbocycles. The molecule has 1 aromatic rings. The molecule has 3 N–H and O–H groups in total. The molecule has 0 atom stereocenters. The second kappa shape index (κ2) is 7.28. The van der Waals surface area contributed by atoms with Gasteiger partial charge in [0.15, 0.2) is 0 Å². The zero-order chi connectivity index (χ0) is 14.4. The van der Waals surface area contributed by atoms with Gasteiger partial charge in [0.05, 0.1) is 0 Å². The zero-order valence-electron chi connectivity index (χ0n) is 11.8. The lowest BCUT2D eigenvalue weighted by molar-refractivity contribution is 0.194. The first-order chi connectivity index (χ1) is 9.70. The van der Waals surface area contributed by atoms with E-state index >= 15 is 0 Å². The summed E-state index contributed by atoms with van der Waals surface area (Å²) in [7, 11) is 0. The number of anilines is 2. The summed E-state index contributed by atoms with van der Waals surface area (Å²) in [5, 5.41) is 3.81. The summed E-state index contributed by atoms with van der Waals surface area (Å²) in [6, 6.07) is 0.0394. The highest BCUT2D eigenvalue weighted by atomic mass is 32.1. The van der Waals surface area contributed by atoms with Gasteiger partial charge in [-0.15, -0.1) is 0 Å². The Balaban J connectivity index is 1.72. The Hall–Kier alpha value is -1.57. The third-order valence-electron chi connectivity index (χ3n) is 3.32. The summed E-state index contributed by atoms with van der Waals surface area (Å²) < 4.78 is 3.98. The first kappa shape index (κ1) is 14.8. The Morgan fingerprint density at radius 2 is 2.10 bits per heavy atom. The minimum absolute atomic E-state index is 0.0394. The van der Waals surface area contributed by atoms with Gasteiger partial charge in [0.1, 0.15) is 0 Å². The summed E-state index contributed by atoms with van der Waals surface area (Å²) in [5.74, 6) is 0.320. The van der Waals surface area contributed by atoms with Crippen molar-refractivity contribution in [2.24, 2.45) is 0 Å². The molecule has 7 nitrogen and oxygen atoms in total.